The maximum Gasteiger partial charge on any atom is -0.00139 e. The zero-order chi connectivity index (χ0) is 41.3. The fourth-order valence-corrected chi connectivity index (χ4v) is 9.84. The van der Waals surface area contributed by atoms with Gasteiger partial charge in [0.15, 0.2) is 0 Å². The van der Waals surface area contributed by atoms with Crippen molar-refractivity contribution in [3.05, 3.63) is 230 Å². The molecule has 0 atom stereocenters. The van der Waals surface area contributed by atoms with E-state index >= 15 is 0 Å². The van der Waals surface area contributed by atoms with Crippen LogP contribution >= 0.6 is 0 Å². The summed E-state index contributed by atoms with van der Waals surface area (Å²) in [5.74, 6) is 0. The molecule has 0 radical (unpaired) electrons. The second kappa shape index (κ2) is 14.4. The van der Waals surface area contributed by atoms with Gasteiger partial charge >= 0.3 is 0 Å². The molecule has 0 amide bonds. The van der Waals surface area contributed by atoms with Gasteiger partial charge in [-0.25, -0.2) is 0 Å². The Hall–Kier alpha value is -7.80. The van der Waals surface area contributed by atoms with Gasteiger partial charge < -0.3 is 0 Å². The van der Waals surface area contributed by atoms with Gasteiger partial charge in [-0.15, -0.1) is 0 Å². The smallest absolute Gasteiger partial charge is 0.00139 e. The highest BCUT2D eigenvalue weighted by Crippen LogP contribution is 2.49. The Morgan fingerprint density at radius 1 is 0.210 bits per heavy atom. The van der Waals surface area contributed by atoms with Gasteiger partial charge in [0.25, 0.3) is 0 Å². The molecular weight excluding hydrogens is 745 g/mol. The van der Waals surface area contributed by atoms with Crippen LogP contribution in [0.25, 0.3) is 121 Å². The minimum Gasteiger partial charge on any atom is -0.0616 e. The van der Waals surface area contributed by atoms with Crippen LogP contribution in [0.15, 0.2) is 218 Å². The fraction of sp³-hybridized carbons (Fsp3) is 0.0323. The molecule has 0 aliphatic heterocycles. The van der Waals surface area contributed by atoms with Crippen molar-refractivity contribution in [3.8, 4) is 66.8 Å². The summed E-state index contributed by atoms with van der Waals surface area (Å²) in [4.78, 5) is 0. The first-order chi connectivity index (χ1) is 30.5. The van der Waals surface area contributed by atoms with Gasteiger partial charge in [0.05, 0.1) is 0 Å². The quantitative estimate of drug-likeness (QED) is 0.147. The Labute approximate surface area is 362 Å². The normalized spacial score (nSPS) is 11.7. The van der Waals surface area contributed by atoms with Crippen molar-refractivity contribution in [3.63, 3.8) is 0 Å². The van der Waals surface area contributed by atoms with E-state index in [2.05, 4.69) is 232 Å². The van der Waals surface area contributed by atoms with Crippen LogP contribution in [0, 0.1) is 13.8 Å². The lowest BCUT2D eigenvalue weighted by Crippen LogP contribution is -1.94. The molecule has 12 aromatic carbocycles. The summed E-state index contributed by atoms with van der Waals surface area (Å²) in [6, 6.07) is 81.6. The first kappa shape index (κ1) is 36.1. The van der Waals surface area contributed by atoms with Gasteiger partial charge in [-0.05, 0) is 159 Å². The molecule has 0 nitrogen and oxygen atoms in total. The Bertz CT molecular complexity index is 3400. The van der Waals surface area contributed by atoms with E-state index in [9.17, 15) is 0 Å². The number of hydrogen-bond donors (Lipinski definition) is 0. The molecule has 290 valence electrons. The van der Waals surface area contributed by atoms with Crippen molar-refractivity contribution >= 4 is 53.9 Å². The van der Waals surface area contributed by atoms with Gasteiger partial charge in [-0.3, -0.25) is 0 Å². The van der Waals surface area contributed by atoms with Crippen LogP contribution in [0.2, 0.25) is 0 Å². The third-order valence-corrected chi connectivity index (χ3v) is 13.2. The maximum atomic E-state index is 2.44. The SMILES string of the molecule is Cc1ccc(-c2cc(-c3ccc(-c4ccc5ccccc5c4)cc3)c3ccc4c(-c5ccc(C)cc5)cc(-c5ccc(-c6ccc7ccccc7c6)cc5)c5ccc2c3c45)cc1. The molecule has 12 aromatic rings. The molecule has 0 heteroatoms. The van der Waals surface area contributed by atoms with Crippen LogP contribution in [0.4, 0.5) is 0 Å². The summed E-state index contributed by atoms with van der Waals surface area (Å²) < 4.78 is 0. The van der Waals surface area contributed by atoms with E-state index in [1.165, 1.54) is 132 Å². The van der Waals surface area contributed by atoms with E-state index in [1.807, 2.05) is 0 Å². The molecule has 0 bridgehead atoms. The highest BCUT2D eigenvalue weighted by Gasteiger charge is 2.21. The lowest BCUT2D eigenvalue weighted by atomic mass is 9.81. The topological polar surface area (TPSA) is 0 Å². The second-order valence-corrected chi connectivity index (χ2v) is 17.0. The predicted octanol–water partition coefficient (Wildman–Crippen LogP) is 17.5. The van der Waals surface area contributed by atoms with E-state index in [0.29, 0.717) is 0 Å². The molecule has 12 rings (SSSR count). The van der Waals surface area contributed by atoms with Gasteiger partial charge in [0.2, 0.25) is 0 Å². The van der Waals surface area contributed by atoms with Crippen LogP contribution in [0.5, 0.6) is 0 Å². The third kappa shape index (κ3) is 6.07. The Morgan fingerprint density at radius 2 is 0.484 bits per heavy atom. The largest absolute Gasteiger partial charge is 0.0616 e. The van der Waals surface area contributed by atoms with E-state index in [1.54, 1.807) is 0 Å². The van der Waals surface area contributed by atoms with Gasteiger partial charge in [-0.1, -0.05) is 205 Å². The van der Waals surface area contributed by atoms with Gasteiger partial charge in [0, 0.05) is 0 Å². The van der Waals surface area contributed by atoms with Crippen molar-refractivity contribution < 1.29 is 0 Å². The highest BCUT2D eigenvalue weighted by molar-refractivity contribution is 6.32. The lowest BCUT2D eigenvalue weighted by molar-refractivity contribution is 1.47. The van der Waals surface area contributed by atoms with E-state index in [-0.39, 0.29) is 0 Å². The summed E-state index contributed by atoms with van der Waals surface area (Å²) in [6.45, 7) is 4.33. The molecule has 0 spiro atoms. The number of hydrogen-bond acceptors (Lipinski definition) is 0. The Kier molecular flexibility index (Phi) is 8.40. The Morgan fingerprint density at radius 3 is 0.823 bits per heavy atom. The molecule has 0 N–H and O–H groups in total. The van der Waals surface area contributed by atoms with Crippen molar-refractivity contribution in [2.24, 2.45) is 0 Å². The molecular formula is C62H42. The molecule has 0 aliphatic carbocycles. The number of rotatable bonds is 6. The first-order valence-corrected chi connectivity index (χ1v) is 21.6. The van der Waals surface area contributed by atoms with Crippen LogP contribution in [0.3, 0.4) is 0 Å². The van der Waals surface area contributed by atoms with Crippen molar-refractivity contribution in [1.29, 1.82) is 0 Å². The minimum atomic E-state index is 1.21. The summed E-state index contributed by atoms with van der Waals surface area (Å²) in [6.07, 6.45) is 0. The molecule has 0 saturated heterocycles. The van der Waals surface area contributed by atoms with Gasteiger partial charge in [-0.2, -0.15) is 0 Å². The predicted molar refractivity (Wildman–Crippen MR) is 267 cm³/mol. The molecule has 0 fully saturated rings. The zero-order valence-electron chi connectivity index (χ0n) is 34.8. The highest BCUT2D eigenvalue weighted by atomic mass is 14.2. The summed E-state index contributed by atoms with van der Waals surface area (Å²) >= 11 is 0. The average molecular weight is 787 g/mol. The van der Waals surface area contributed by atoms with E-state index in [0.717, 1.165) is 0 Å². The number of aryl methyl sites for hydroxylation is 2. The van der Waals surface area contributed by atoms with E-state index < -0.39 is 0 Å². The first-order valence-electron chi connectivity index (χ1n) is 21.6. The summed E-state index contributed by atoms with van der Waals surface area (Å²) in [5, 5.41) is 12.8. The lowest BCUT2D eigenvalue weighted by Gasteiger charge is -2.22. The van der Waals surface area contributed by atoms with Crippen LogP contribution in [-0.4, -0.2) is 0 Å². The van der Waals surface area contributed by atoms with Crippen LogP contribution < -0.4 is 0 Å². The number of fused-ring (bicyclic) bond motifs is 2. The number of benzene rings is 12. The second-order valence-electron chi connectivity index (χ2n) is 17.0. The molecule has 0 unspecified atom stereocenters. The third-order valence-electron chi connectivity index (χ3n) is 13.2. The molecule has 62 heavy (non-hydrogen) atoms. The summed E-state index contributed by atoms with van der Waals surface area (Å²) in [7, 11) is 0. The molecule has 0 saturated carbocycles. The fourth-order valence-electron chi connectivity index (χ4n) is 9.84. The Balaban J connectivity index is 1.09. The molecule has 0 heterocycles. The molecule has 0 aromatic heterocycles. The average Bonchev–Trinajstić information content (AvgIpc) is 3.33. The minimum absolute atomic E-state index is 1.21. The van der Waals surface area contributed by atoms with Crippen molar-refractivity contribution in [2.45, 2.75) is 13.8 Å². The maximum absolute atomic E-state index is 2.44. The summed E-state index contributed by atoms with van der Waals surface area (Å²) in [5.41, 5.74) is 17.3. The monoisotopic (exact) mass is 786 g/mol. The van der Waals surface area contributed by atoms with Gasteiger partial charge in [0.1, 0.15) is 0 Å². The zero-order valence-corrected chi connectivity index (χ0v) is 34.8. The standard InChI is InChI=1S/C62H42/c1-39-11-15-45(16-12-39)57-37-59(47-25-19-43(20-26-47)51-29-23-41-7-3-5-9-49(41)35-51)55-34-32-54-58(46-17-13-40(2)14-18-46)38-60(56-33-31-53(57)61(55)62(54)56)48-27-21-44(22-28-48)52-30-24-42-8-4-6-10-50(42)36-52/h3-38H,1-2H3. The van der Waals surface area contributed by atoms with E-state index in [4.69, 9.17) is 0 Å². The van der Waals surface area contributed by atoms with Crippen molar-refractivity contribution in [2.75, 3.05) is 0 Å². The van der Waals surface area contributed by atoms with Crippen LogP contribution in [0.1, 0.15) is 11.1 Å². The molecule has 0 aliphatic rings. The van der Waals surface area contributed by atoms with Crippen molar-refractivity contribution in [1.82, 2.24) is 0 Å². The van der Waals surface area contributed by atoms with Crippen LogP contribution in [-0.2, 0) is 0 Å².